The number of carbonyl (C=O) groups is 2. The van der Waals surface area contributed by atoms with Crippen molar-refractivity contribution >= 4 is 33.5 Å². The molecule has 2 saturated carbocycles. The Morgan fingerprint density at radius 3 is 1.34 bits per heavy atom. The fraction of sp³-hybridized carbons (Fsp3) is 0.585. The van der Waals surface area contributed by atoms with Crippen molar-refractivity contribution in [2.24, 2.45) is 34.5 Å². The molecule has 0 amide bonds. The predicted molar refractivity (Wildman–Crippen MR) is 246 cm³/mol. The molecule has 61 heavy (non-hydrogen) atoms. The van der Waals surface area contributed by atoms with E-state index in [4.69, 9.17) is 14.2 Å². The number of aliphatic carboxylic acids is 1. The summed E-state index contributed by atoms with van der Waals surface area (Å²) in [7, 11) is 1.48. The van der Waals surface area contributed by atoms with E-state index < -0.39 is 5.97 Å². The number of ether oxygens (including phenoxy) is 3. The quantitative estimate of drug-likeness (QED) is 0.158. The highest BCUT2D eigenvalue weighted by Crippen LogP contribution is 2.40. The number of fused-ring (bicyclic) bond motifs is 2. The van der Waals surface area contributed by atoms with E-state index in [9.17, 15) is 14.7 Å². The number of carboxylic acids is 1. The summed E-state index contributed by atoms with van der Waals surface area (Å²) in [5.41, 5.74) is 3.32. The van der Waals surface area contributed by atoms with Gasteiger partial charge in [-0.25, -0.2) is 0 Å². The number of carboxylic acid groups (broad SMARTS) is 1. The van der Waals surface area contributed by atoms with Gasteiger partial charge in [-0.1, -0.05) is 77.9 Å². The molecule has 2 unspecified atom stereocenters. The Labute approximate surface area is 365 Å². The van der Waals surface area contributed by atoms with Crippen LogP contribution in [0.4, 0.5) is 0 Å². The minimum atomic E-state index is -0.671. The topological polar surface area (TPSA) is 88.5 Å². The molecule has 2 aliphatic carbocycles. The smallest absolute Gasteiger partial charge is 0.310 e. The molecule has 4 fully saturated rings. The lowest BCUT2D eigenvalue weighted by atomic mass is 9.72. The average Bonchev–Trinajstić information content (AvgIpc) is 3.91. The van der Waals surface area contributed by atoms with Crippen molar-refractivity contribution < 1.29 is 28.9 Å². The van der Waals surface area contributed by atoms with Crippen LogP contribution < -0.4 is 9.47 Å². The zero-order valence-corrected chi connectivity index (χ0v) is 38.1. The van der Waals surface area contributed by atoms with Crippen LogP contribution in [0.1, 0.15) is 117 Å². The minimum Gasteiger partial charge on any atom is -0.490 e. The van der Waals surface area contributed by atoms with Crippen LogP contribution in [0.15, 0.2) is 72.8 Å². The van der Waals surface area contributed by atoms with E-state index in [0.29, 0.717) is 29.6 Å². The van der Waals surface area contributed by atoms with E-state index >= 15 is 0 Å². The lowest BCUT2D eigenvalue weighted by Gasteiger charge is -2.37. The molecule has 1 N–H and O–H groups in total. The highest BCUT2D eigenvalue weighted by Gasteiger charge is 2.33. The van der Waals surface area contributed by atoms with Gasteiger partial charge in [-0.3, -0.25) is 19.4 Å². The zero-order chi connectivity index (χ0) is 43.3. The van der Waals surface area contributed by atoms with Gasteiger partial charge in [0.05, 0.1) is 31.2 Å². The van der Waals surface area contributed by atoms with Crippen LogP contribution in [-0.4, -0.2) is 72.3 Å². The first-order valence-electron chi connectivity index (χ1n) is 23.2. The van der Waals surface area contributed by atoms with Gasteiger partial charge in [0, 0.05) is 26.2 Å². The van der Waals surface area contributed by atoms with E-state index in [0.717, 1.165) is 94.6 Å². The van der Waals surface area contributed by atoms with Gasteiger partial charge in [-0.15, -0.1) is 0 Å². The summed E-state index contributed by atoms with van der Waals surface area (Å²) in [5, 5.41) is 14.1. The second-order valence-corrected chi connectivity index (χ2v) is 20.9. The third-order valence-corrected chi connectivity index (χ3v) is 14.4. The Morgan fingerprint density at radius 1 is 0.557 bits per heavy atom. The normalized spacial score (nSPS) is 25.2. The van der Waals surface area contributed by atoms with Crippen molar-refractivity contribution in [3.8, 4) is 11.5 Å². The van der Waals surface area contributed by atoms with Gasteiger partial charge in [0.2, 0.25) is 0 Å². The number of nitrogens with zero attached hydrogens (tertiary/aromatic N) is 2. The maximum absolute atomic E-state index is 11.8. The summed E-state index contributed by atoms with van der Waals surface area (Å²) in [6.07, 6.45) is 11.9. The molecule has 0 aromatic heterocycles. The summed E-state index contributed by atoms with van der Waals surface area (Å²) in [6.45, 7) is 19.1. The zero-order valence-electron chi connectivity index (χ0n) is 38.1. The number of likely N-dealkylation sites (tertiary alicyclic amines) is 2. The fourth-order valence-corrected chi connectivity index (χ4v) is 10.4. The van der Waals surface area contributed by atoms with E-state index in [-0.39, 0.29) is 17.8 Å². The summed E-state index contributed by atoms with van der Waals surface area (Å²) in [4.78, 5) is 27.5. The molecular weight excluding hydrogens is 761 g/mol. The van der Waals surface area contributed by atoms with Crippen LogP contribution in [0.25, 0.3) is 21.5 Å². The van der Waals surface area contributed by atoms with Gasteiger partial charge in [-0.05, 0) is 169 Å². The van der Waals surface area contributed by atoms with Crippen LogP contribution >= 0.6 is 0 Å². The number of methoxy groups -OCH3 is 1. The third-order valence-electron chi connectivity index (χ3n) is 14.4. The first kappa shape index (κ1) is 44.9. The van der Waals surface area contributed by atoms with Gasteiger partial charge in [0.25, 0.3) is 0 Å². The number of hydrogen-bond acceptors (Lipinski definition) is 7. The molecule has 0 spiro atoms. The summed E-state index contributed by atoms with van der Waals surface area (Å²) in [5.74, 6) is 2.61. The molecule has 2 aliphatic heterocycles. The molecule has 330 valence electrons. The molecule has 8 nitrogen and oxygen atoms in total. The lowest BCUT2D eigenvalue weighted by molar-refractivity contribution is -0.145. The monoisotopic (exact) mass is 833 g/mol. The Balaban J connectivity index is 0.000000184. The lowest BCUT2D eigenvalue weighted by Crippen LogP contribution is -2.30. The second-order valence-electron chi connectivity index (χ2n) is 20.9. The molecule has 8 rings (SSSR count). The van der Waals surface area contributed by atoms with E-state index in [1.54, 1.807) is 0 Å². The van der Waals surface area contributed by atoms with Gasteiger partial charge in [0.15, 0.2) is 0 Å². The Kier molecular flexibility index (Phi) is 14.4. The Bertz CT molecular complexity index is 2100. The second kappa shape index (κ2) is 19.5. The molecule has 4 aromatic rings. The predicted octanol–water partition coefficient (Wildman–Crippen LogP) is 11.5. The number of carbonyl (C=O) groups excluding carboxylic acids is 1. The highest BCUT2D eigenvalue weighted by atomic mass is 16.5. The van der Waals surface area contributed by atoms with Crippen LogP contribution in [0.3, 0.4) is 0 Å². The van der Waals surface area contributed by atoms with Crippen LogP contribution in [0, 0.1) is 34.5 Å². The number of hydrogen-bond donors (Lipinski definition) is 1. The standard InChI is InChI=1S/C27H37NO3.C26H35NO3/c1-27(2,3)23-8-11-24(12-9-23)31-25-10-7-20-15-19(5-6-21(20)16-25)17-28-14-13-22(18-28)26(29)30-4;1-26(2,3)22-7-10-23(11-8-22)30-24-9-6-19-14-18(4-5-20(19)15-24)16-27-13-12-21(17-27)25(28)29/h5-7,10,15-16,22-24H,8-9,11-14,17-18H2,1-4H3;4-6,9,14-15,21-23H,7-8,10-13,16-17H2,1-3H3,(H,28,29). The molecule has 2 heterocycles. The molecule has 2 saturated heterocycles. The minimum absolute atomic E-state index is 0.0172. The van der Waals surface area contributed by atoms with Crippen molar-refractivity contribution in [3.63, 3.8) is 0 Å². The van der Waals surface area contributed by atoms with E-state index in [1.807, 2.05) is 0 Å². The van der Waals surface area contributed by atoms with Gasteiger partial charge in [-0.2, -0.15) is 0 Å². The van der Waals surface area contributed by atoms with Crippen LogP contribution in [0.2, 0.25) is 0 Å². The Hall–Kier alpha value is -4.14. The number of benzene rings is 4. The van der Waals surface area contributed by atoms with Crippen molar-refractivity contribution in [3.05, 3.63) is 83.9 Å². The van der Waals surface area contributed by atoms with Gasteiger partial charge >= 0.3 is 11.9 Å². The van der Waals surface area contributed by atoms with Crippen LogP contribution in [-0.2, 0) is 27.4 Å². The molecular formula is C53H72N2O6. The van der Waals surface area contributed by atoms with E-state index in [1.165, 1.54) is 65.5 Å². The average molecular weight is 833 g/mol. The Morgan fingerprint density at radius 2 is 0.951 bits per heavy atom. The third kappa shape index (κ3) is 12.1. The van der Waals surface area contributed by atoms with E-state index in [2.05, 4.69) is 124 Å². The van der Waals surface area contributed by atoms with Gasteiger partial charge < -0.3 is 19.3 Å². The van der Waals surface area contributed by atoms with Crippen molar-refractivity contribution in [2.75, 3.05) is 33.3 Å². The molecule has 0 bridgehead atoms. The largest absolute Gasteiger partial charge is 0.490 e. The molecule has 0 radical (unpaired) electrons. The molecule has 2 atom stereocenters. The number of esters is 1. The van der Waals surface area contributed by atoms with Crippen LogP contribution in [0.5, 0.6) is 11.5 Å². The summed E-state index contributed by atoms with van der Waals surface area (Å²) in [6, 6.07) is 26.1. The first-order chi connectivity index (χ1) is 29.1. The molecule has 8 heteroatoms. The number of rotatable bonds is 10. The highest BCUT2D eigenvalue weighted by molar-refractivity contribution is 5.85. The van der Waals surface area contributed by atoms with Crippen molar-refractivity contribution in [1.82, 2.24) is 9.80 Å². The van der Waals surface area contributed by atoms with Gasteiger partial charge in [0.1, 0.15) is 11.5 Å². The first-order valence-corrected chi connectivity index (χ1v) is 23.2. The maximum atomic E-state index is 11.8. The SMILES string of the molecule is CC(C)(C)C1CCC(Oc2ccc3cc(CN4CCC(C(=O)O)C4)ccc3c2)CC1.COC(=O)C1CCN(Cc2ccc3cc(OC4CCC(C(C)(C)C)CC4)ccc3c2)C1. The maximum Gasteiger partial charge on any atom is 0.310 e. The van der Waals surface area contributed by atoms with Crippen molar-refractivity contribution in [1.29, 1.82) is 0 Å². The summed E-state index contributed by atoms with van der Waals surface area (Å²) >= 11 is 0. The fourth-order valence-electron chi connectivity index (χ4n) is 10.4. The molecule has 4 aromatic carbocycles. The summed E-state index contributed by atoms with van der Waals surface area (Å²) < 4.78 is 17.6. The molecule has 4 aliphatic rings. The van der Waals surface area contributed by atoms with Crippen molar-refractivity contribution in [2.45, 2.75) is 131 Å².